The Morgan fingerprint density at radius 2 is 2.44 bits per heavy atom. The summed E-state index contributed by atoms with van der Waals surface area (Å²) in [6.45, 7) is 3.58. The van der Waals surface area contributed by atoms with Crippen LogP contribution in [0.3, 0.4) is 0 Å². The van der Waals surface area contributed by atoms with Gasteiger partial charge in [-0.05, 0) is 25.3 Å². The van der Waals surface area contributed by atoms with Crippen LogP contribution >= 0.6 is 0 Å². The number of carbonyl (C=O) groups is 1. The molecule has 1 aromatic rings. The van der Waals surface area contributed by atoms with E-state index >= 15 is 0 Å². The van der Waals surface area contributed by atoms with E-state index in [-0.39, 0.29) is 11.4 Å². The van der Waals surface area contributed by atoms with Gasteiger partial charge in [-0.3, -0.25) is 4.79 Å². The van der Waals surface area contributed by atoms with E-state index in [0.29, 0.717) is 12.2 Å². The molecule has 0 radical (unpaired) electrons. The lowest BCUT2D eigenvalue weighted by atomic mass is 9.91. The van der Waals surface area contributed by atoms with Gasteiger partial charge < -0.3 is 14.1 Å². The fourth-order valence-corrected chi connectivity index (χ4v) is 3.01. The average Bonchev–Trinajstić information content (AvgIpc) is 2.98. The van der Waals surface area contributed by atoms with Crippen LogP contribution in [0.2, 0.25) is 0 Å². The van der Waals surface area contributed by atoms with Crippen molar-refractivity contribution in [2.75, 3.05) is 20.3 Å². The van der Waals surface area contributed by atoms with Crippen molar-refractivity contribution in [1.29, 1.82) is 0 Å². The van der Waals surface area contributed by atoms with Crippen LogP contribution in [0.5, 0.6) is 0 Å². The highest BCUT2D eigenvalue weighted by Gasteiger charge is 2.43. The van der Waals surface area contributed by atoms with Gasteiger partial charge in [-0.1, -0.05) is 13.3 Å². The first kappa shape index (κ1) is 13.1. The van der Waals surface area contributed by atoms with Crippen molar-refractivity contribution < 1.29 is 13.9 Å². The quantitative estimate of drug-likeness (QED) is 0.808. The number of nitrogens with zero attached hydrogens (tertiary/aromatic N) is 1. The molecule has 0 spiro atoms. The number of hydrogen-bond acceptors (Lipinski definition) is 3. The molecule has 0 saturated carbocycles. The van der Waals surface area contributed by atoms with Gasteiger partial charge in [0.15, 0.2) is 0 Å². The van der Waals surface area contributed by atoms with Gasteiger partial charge in [-0.15, -0.1) is 0 Å². The summed E-state index contributed by atoms with van der Waals surface area (Å²) >= 11 is 0. The van der Waals surface area contributed by atoms with Crippen LogP contribution in [0, 0.1) is 0 Å². The molecule has 4 heteroatoms. The van der Waals surface area contributed by atoms with Crippen LogP contribution in [-0.2, 0) is 4.74 Å². The summed E-state index contributed by atoms with van der Waals surface area (Å²) in [7, 11) is 1.70. The SMILES string of the molecule is CCCC1(COC)CCCN1C(=O)c1ccoc1. The second-order valence-electron chi connectivity index (χ2n) is 4.98. The monoisotopic (exact) mass is 251 g/mol. The van der Waals surface area contributed by atoms with Gasteiger partial charge in [0.05, 0.1) is 24.0 Å². The van der Waals surface area contributed by atoms with Gasteiger partial charge in [0.25, 0.3) is 5.91 Å². The Kier molecular flexibility index (Phi) is 4.07. The Balaban J connectivity index is 2.21. The maximum Gasteiger partial charge on any atom is 0.257 e. The third kappa shape index (κ3) is 2.29. The average molecular weight is 251 g/mol. The van der Waals surface area contributed by atoms with Gasteiger partial charge in [-0.25, -0.2) is 0 Å². The van der Waals surface area contributed by atoms with Gasteiger partial charge in [0.1, 0.15) is 6.26 Å². The number of methoxy groups -OCH3 is 1. The molecule has 1 aliphatic heterocycles. The molecule has 1 saturated heterocycles. The van der Waals surface area contributed by atoms with Crippen molar-refractivity contribution in [1.82, 2.24) is 4.90 Å². The highest BCUT2D eigenvalue weighted by atomic mass is 16.5. The molecule has 2 rings (SSSR count). The van der Waals surface area contributed by atoms with Crippen molar-refractivity contribution in [2.24, 2.45) is 0 Å². The normalized spacial score (nSPS) is 23.6. The van der Waals surface area contributed by atoms with Crippen molar-refractivity contribution in [3.8, 4) is 0 Å². The zero-order valence-electron chi connectivity index (χ0n) is 11.1. The molecule has 0 aromatic carbocycles. The molecule has 1 aliphatic rings. The van der Waals surface area contributed by atoms with Crippen LogP contribution in [0.25, 0.3) is 0 Å². The number of furan rings is 1. The number of carbonyl (C=O) groups excluding carboxylic acids is 1. The fourth-order valence-electron chi connectivity index (χ4n) is 3.01. The highest BCUT2D eigenvalue weighted by molar-refractivity contribution is 5.94. The maximum absolute atomic E-state index is 12.5. The molecule has 1 atom stereocenters. The molecule has 1 unspecified atom stereocenters. The second kappa shape index (κ2) is 5.57. The summed E-state index contributed by atoms with van der Waals surface area (Å²) in [5.74, 6) is 0.0618. The summed E-state index contributed by atoms with van der Waals surface area (Å²) in [6, 6.07) is 1.73. The van der Waals surface area contributed by atoms with E-state index in [1.807, 2.05) is 4.90 Å². The van der Waals surface area contributed by atoms with Gasteiger partial charge in [0.2, 0.25) is 0 Å². The third-order valence-electron chi connectivity index (χ3n) is 3.74. The topological polar surface area (TPSA) is 42.7 Å². The van der Waals surface area contributed by atoms with Gasteiger partial charge in [0, 0.05) is 13.7 Å². The predicted molar refractivity (Wildman–Crippen MR) is 68.5 cm³/mol. The Morgan fingerprint density at radius 3 is 3.06 bits per heavy atom. The summed E-state index contributed by atoms with van der Waals surface area (Å²) in [5.41, 5.74) is 0.506. The lowest BCUT2D eigenvalue weighted by molar-refractivity contribution is 0.0254. The second-order valence-corrected chi connectivity index (χ2v) is 4.98. The first-order valence-corrected chi connectivity index (χ1v) is 6.56. The minimum atomic E-state index is -0.127. The molecular formula is C14H21NO3. The third-order valence-corrected chi connectivity index (χ3v) is 3.74. The number of amides is 1. The minimum absolute atomic E-state index is 0.0618. The zero-order chi connectivity index (χ0) is 13.0. The van der Waals surface area contributed by atoms with E-state index < -0.39 is 0 Å². The highest BCUT2D eigenvalue weighted by Crippen LogP contribution is 2.35. The number of rotatable bonds is 5. The van der Waals surface area contributed by atoms with E-state index in [0.717, 1.165) is 32.2 Å². The first-order valence-electron chi connectivity index (χ1n) is 6.56. The standard InChI is InChI=1S/C14H21NO3/c1-3-6-14(11-17-2)7-4-8-15(14)13(16)12-5-9-18-10-12/h5,9-10H,3-4,6-8,11H2,1-2H3. The Labute approximate surface area is 108 Å². The van der Waals surface area contributed by atoms with Crippen molar-refractivity contribution in [3.63, 3.8) is 0 Å². The lowest BCUT2D eigenvalue weighted by Crippen LogP contribution is -2.50. The van der Waals surface area contributed by atoms with Crippen molar-refractivity contribution >= 4 is 5.91 Å². The molecule has 1 amide bonds. The zero-order valence-corrected chi connectivity index (χ0v) is 11.1. The van der Waals surface area contributed by atoms with Crippen LogP contribution in [0.15, 0.2) is 23.0 Å². The largest absolute Gasteiger partial charge is 0.472 e. The molecule has 0 N–H and O–H groups in total. The molecule has 0 aliphatic carbocycles. The van der Waals surface area contributed by atoms with Crippen LogP contribution < -0.4 is 0 Å². The van der Waals surface area contributed by atoms with E-state index in [1.165, 1.54) is 6.26 Å². The molecule has 0 bridgehead atoms. The van der Waals surface area contributed by atoms with Gasteiger partial charge in [-0.2, -0.15) is 0 Å². The van der Waals surface area contributed by atoms with Gasteiger partial charge >= 0.3 is 0 Å². The molecule has 1 fully saturated rings. The molecule has 100 valence electrons. The van der Waals surface area contributed by atoms with E-state index in [9.17, 15) is 4.79 Å². The Morgan fingerprint density at radius 1 is 1.61 bits per heavy atom. The van der Waals surface area contributed by atoms with E-state index in [1.54, 1.807) is 19.4 Å². The van der Waals surface area contributed by atoms with E-state index in [4.69, 9.17) is 9.15 Å². The Bertz CT molecular complexity index is 380. The summed E-state index contributed by atoms with van der Waals surface area (Å²) in [4.78, 5) is 14.5. The predicted octanol–water partition coefficient (Wildman–Crippen LogP) is 2.70. The summed E-state index contributed by atoms with van der Waals surface area (Å²) in [6.07, 6.45) is 7.18. The van der Waals surface area contributed by atoms with E-state index in [2.05, 4.69) is 6.92 Å². The van der Waals surface area contributed by atoms with Crippen LogP contribution in [0.1, 0.15) is 43.0 Å². The molecule has 1 aromatic heterocycles. The first-order chi connectivity index (χ1) is 8.73. The smallest absolute Gasteiger partial charge is 0.257 e. The summed E-state index contributed by atoms with van der Waals surface area (Å²) in [5, 5.41) is 0. The Hall–Kier alpha value is -1.29. The molecule has 2 heterocycles. The fraction of sp³-hybridized carbons (Fsp3) is 0.643. The minimum Gasteiger partial charge on any atom is -0.472 e. The molecule has 4 nitrogen and oxygen atoms in total. The molecular weight excluding hydrogens is 230 g/mol. The molecule has 18 heavy (non-hydrogen) atoms. The lowest BCUT2D eigenvalue weighted by Gasteiger charge is -2.38. The summed E-state index contributed by atoms with van der Waals surface area (Å²) < 4.78 is 10.4. The number of hydrogen-bond donors (Lipinski definition) is 0. The maximum atomic E-state index is 12.5. The van der Waals surface area contributed by atoms with Crippen molar-refractivity contribution in [2.45, 2.75) is 38.1 Å². The van der Waals surface area contributed by atoms with Crippen LogP contribution in [0.4, 0.5) is 0 Å². The number of ether oxygens (including phenoxy) is 1. The number of likely N-dealkylation sites (tertiary alicyclic amines) is 1. The van der Waals surface area contributed by atoms with Crippen molar-refractivity contribution in [3.05, 3.63) is 24.2 Å². The van der Waals surface area contributed by atoms with Crippen LogP contribution in [-0.4, -0.2) is 36.6 Å².